The number of ether oxygens (including phenoxy) is 1. The summed E-state index contributed by atoms with van der Waals surface area (Å²) in [5.74, 6) is -0.457. The van der Waals surface area contributed by atoms with Gasteiger partial charge in [0.15, 0.2) is 5.16 Å². The van der Waals surface area contributed by atoms with Crippen molar-refractivity contribution < 1.29 is 13.9 Å². The number of thioether (sulfide) groups is 1. The van der Waals surface area contributed by atoms with Gasteiger partial charge in [0.2, 0.25) is 5.91 Å². The van der Waals surface area contributed by atoms with Crippen molar-refractivity contribution in [3.8, 4) is 0 Å². The lowest BCUT2D eigenvalue weighted by molar-refractivity contribution is -0.119. The van der Waals surface area contributed by atoms with E-state index in [4.69, 9.17) is 4.74 Å². The zero-order chi connectivity index (χ0) is 23.9. The van der Waals surface area contributed by atoms with Crippen LogP contribution in [0.25, 0.3) is 10.9 Å². The molecule has 1 atom stereocenters. The van der Waals surface area contributed by atoms with E-state index in [0.717, 1.165) is 10.4 Å². The van der Waals surface area contributed by atoms with Gasteiger partial charge >= 0.3 is 0 Å². The van der Waals surface area contributed by atoms with E-state index in [-0.39, 0.29) is 29.1 Å². The maximum Gasteiger partial charge on any atom is 0.262 e. The molecule has 0 aliphatic rings. The molecule has 0 saturated carbocycles. The number of aromatic nitrogens is 2. The number of carbonyl (C=O) groups excluding carboxylic acids is 1. The van der Waals surface area contributed by atoms with E-state index in [9.17, 15) is 14.0 Å². The number of benzene rings is 2. The number of halogens is 1. The average molecular weight is 498 g/mol. The van der Waals surface area contributed by atoms with Crippen LogP contribution < -0.4 is 10.9 Å². The van der Waals surface area contributed by atoms with E-state index in [1.54, 1.807) is 35.9 Å². The van der Waals surface area contributed by atoms with Crippen molar-refractivity contribution in [2.24, 2.45) is 0 Å². The van der Waals surface area contributed by atoms with Crippen LogP contribution in [0.5, 0.6) is 0 Å². The second kappa shape index (κ2) is 11.4. The van der Waals surface area contributed by atoms with Gasteiger partial charge in [-0.15, -0.1) is 11.3 Å². The lowest BCUT2D eigenvalue weighted by Gasteiger charge is -2.18. The molecule has 9 heteroatoms. The van der Waals surface area contributed by atoms with E-state index in [1.807, 2.05) is 29.6 Å². The van der Waals surface area contributed by atoms with Gasteiger partial charge in [-0.25, -0.2) is 9.37 Å². The number of para-hydroxylation sites is 1. The van der Waals surface area contributed by atoms with Crippen LogP contribution in [0.4, 0.5) is 4.39 Å². The number of methoxy groups -OCH3 is 1. The molecule has 4 aromatic rings. The number of nitrogens with one attached hydrogen (secondary N) is 1. The summed E-state index contributed by atoms with van der Waals surface area (Å²) in [6.45, 7) is 0.964. The third-order valence-electron chi connectivity index (χ3n) is 5.23. The highest BCUT2D eigenvalue weighted by Gasteiger charge is 2.19. The van der Waals surface area contributed by atoms with Crippen molar-refractivity contribution in [3.63, 3.8) is 0 Å². The molecule has 1 amide bonds. The van der Waals surface area contributed by atoms with Crippen LogP contribution in [0.2, 0.25) is 0 Å². The molecule has 1 unspecified atom stereocenters. The van der Waals surface area contributed by atoms with Gasteiger partial charge in [0.25, 0.3) is 5.56 Å². The molecular formula is C25H24FN3O3S2. The number of hydrogen-bond acceptors (Lipinski definition) is 6. The largest absolute Gasteiger partial charge is 0.385 e. The summed E-state index contributed by atoms with van der Waals surface area (Å²) in [6, 6.07) is 16.8. The van der Waals surface area contributed by atoms with Gasteiger partial charge in [-0.1, -0.05) is 42.1 Å². The van der Waals surface area contributed by atoms with Crippen molar-refractivity contribution >= 4 is 39.9 Å². The molecule has 0 radical (unpaired) electrons. The summed E-state index contributed by atoms with van der Waals surface area (Å²) in [5.41, 5.74) is 1.26. The molecule has 0 fully saturated rings. The Morgan fingerprint density at radius 3 is 2.71 bits per heavy atom. The Morgan fingerprint density at radius 1 is 1.18 bits per heavy atom. The van der Waals surface area contributed by atoms with Crippen LogP contribution in [0, 0.1) is 5.82 Å². The fourth-order valence-corrected chi connectivity index (χ4v) is 5.22. The summed E-state index contributed by atoms with van der Waals surface area (Å²) in [6.07, 6.45) is 0.654. The minimum absolute atomic E-state index is 0.0815. The smallest absolute Gasteiger partial charge is 0.262 e. The van der Waals surface area contributed by atoms with Crippen LogP contribution in [0.3, 0.4) is 0 Å². The molecule has 1 N–H and O–H groups in total. The normalized spacial score (nSPS) is 12.1. The predicted octanol–water partition coefficient (Wildman–Crippen LogP) is 4.63. The number of rotatable bonds is 10. The second-order valence-electron chi connectivity index (χ2n) is 7.57. The van der Waals surface area contributed by atoms with Crippen LogP contribution in [-0.2, 0) is 16.1 Å². The molecular weight excluding hydrogens is 473 g/mol. The van der Waals surface area contributed by atoms with Gasteiger partial charge in [0, 0.05) is 25.1 Å². The molecule has 2 aromatic heterocycles. The monoisotopic (exact) mass is 497 g/mol. The standard InChI is InChI=1S/C25H24FN3O3S2/c1-32-14-5-13-29-24(31)19-6-2-3-7-20(19)27-25(29)34-16-22(30)28-23(21-8-4-15-33-21)17-9-11-18(26)12-10-17/h2-4,6-12,15,23H,5,13-14,16H2,1H3,(H,28,30). The Kier molecular flexibility index (Phi) is 8.10. The summed E-state index contributed by atoms with van der Waals surface area (Å²) in [7, 11) is 1.62. The Labute approximate surface area is 204 Å². The molecule has 0 saturated heterocycles. The lowest BCUT2D eigenvalue weighted by Crippen LogP contribution is -2.31. The van der Waals surface area contributed by atoms with Crippen molar-refractivity contribution in [2.75, 3.05) is 19.5 Å². The van der Waals surface area contributed by atoms with E-state index in [0.29, 0.717) is 35.6 Å². The van der Waals surface area contributed by atoms with Gasteiger partial charge in [-0.2, -0.15) is 0 Å². The topological polar surface area (TPSA) is 73.2 Å². The van der Waals surface area contributed by atoms with E-state index < -0.39 is 0 Å². The minimum Gasteiger partial charge on any atom is -0.385 e. The zero-order valence-corrected chi connectivity index (χ0v) is 20.2. The van der Waals surface area contributed by atoms with Gasteiger partial charge in [-0.05, 0) is 47.7 Å². The second-order valence-corrected chi connectivity index (χ2v) is 9.49. The van der Waals surface area contributed by atoms with Gasteiger partial charge in [0.1, 0.15) is 5.82 Å². The minimum atomic E-state index is -0.387. The lowest BCUT2D eigenvalue weighted by atomic mass is 10.1. The quantitative estimate of drug-likeness (QED) is 0.196. The van der Waals surface area contributed by atoms with Crippen LogP contribution >= 0.6 is 23.1 Å². The van der Waals surface area contributed by atoms with Gasteiger partial charge in [0.05, 0.1) is 22.7 Å². The third kappa shape index (κ3) is 5.72. The van der Waals surface area contributed by atoms with Gasteiger partial charge < -0.3 is 10.1 Å². The molecule has 0 bridgehead atoms. The van der Waals surface area contributed by atoms with Crippen LogP contribution in [0.15, 0.2) is 76.0 Å². The number of fused-ring (bicyclic) bond motifs is 1. The van der Waals surface area contributed by atoms with E-state index >= 15 is 0 Å². The Morgan fingerprint density at radius 2 is 1.97 bits per heavy atom. The predicted molar refractivity (Wildman–Crippen MR) is 134 cm³/mol. The number of nitrogens with zero attached hydrogens (tertiary/aromatic N) is 2. The number of hydrogen-bond donors (Lipinski definition) is 1. The van der Waals surface area contributed by atoms with Gasteiger partial charge in [-0.3, -0.25) is 14.2 Å². The summed E-state index contributed by atoms with van der Waals surface area (Å²) >= 11 is 2.74. The molecule has 176 valence electrons. The molecule has 6 nitrogen and oxygen atoms in total. The summed E-state index contributed by atoms with van der Waals surface area (Å²) < 4.78 is 20.2. The number of thiophene rings is 1. The van der Waals surface area contributed by atoms with Crippen molar-refractivity contribution in [1.29, 1.82) is 0 Å². The zero-order valence-electron chi connectivity index (χ0n) is 18.6. The number of amides is 1. The summed E-state index contributed by atoms with van der Waals surface area (Å²) in [5, 5.41) is 6.01. The van der Waals surface area contributed by atoms with Crippen molar-refractivity contribution in [1.82, 2.24) is 14.9 Å². The molecule has 2 aromatic carbocycles. The van der Waals surface area contributed by atoms with Crippen LogP contribution in [0.1, 0.15) is 22.9 Å². The molecule has 0 aliphatic carbocycles. The molecule has 4 rings (SSSR count). The third-order valence-corrected chi connectivity index (χ3v) is 7.14. The Bertz CT molecular complexity index is 1310. The SMILES string of the molecule is COCCCn1c(SCC(=O)NC(c2ccc(F)cc2)c2cccs2)nc2ccccc2c1=O. The van der Waals surface area contributed by atoms with Crippen molar-refractivity contribution in [2.45, 2.75) is 24.2 Å². The van der Waals surface area contributed by atoms with E-state index in [1.165, 1.54) is 35.2 Å². The van der Waals surface area contributed by atoms with Crippen molar-refractivity contribution in [3.05, 3.63) is 92.7 Å². The first-order valence-electron chi connectivity index (χ1n) is 10.8. The highest BCUT2D eigenvalue weighted by atomic mass is 32.2. The Hall–Kier alpha value is -3.01. The molecule has 0 spiro atoms. The number of carbonyl (C=O) groups is 1. The highest BCUT2D eigenvalue weighted by Crippen LogP contribution is 2.27. The summed E-state index contributed by atoms with van der Waals surface area (Å²) in [4.78, 5) is 31.6. The van der Waals surface area contributed by atoms with E-state index in [2.05, 4.69) is 10.3 Å². The molecule has 34 heavy (non-hydrogen) atoms. The maximum absolute atomic E-state index is 13.4. The first-order valence-corrected chi connectivity index (χ1v) is 12.6. The maximum atomic E-state index is 13.4. The highest BCUT2D eigenvalue weighted by molar-refractivity contribution is 7.99. The first-order chi connectivity index (χ1) is 16.6. The fraction of sp³-hybridized carbons (Fsp3) is 0.240. The molecule has 2 heterocycles. The molecule has 0 aliphatic heterocycles. The average Bonchev–Trinajstić information content (AvgIpc) is 3.38. The Balaban J connectivity index is 1.54. The first kappa shape index (κ1) is 24.1. The van der Waals surface area contributed by atoms with Crippen LogP contribution in [-0.4, -0.2) is 34.9 Å². The fourth-order valence-electron chi connectivity index (χ4n) is 3.58.